The van der Waals surface area contributed by atoms with Gasteiger partial charge in [-0.1, -0.05) is 75.8 Å². The summed E-state index contributed by atoms with van der Waals surface area (Å²) in [5, 5.41) is 33.2. The first-order valence-electron chi connectivity index (χ1n) is 36.7. The Labute approximate surface area is 753 Å². The van der Waals surface area contributed by atoms with Crippen LogP contribution in [0.3, 0.4) is 0 Å². The van der Waals surface area contributed by atoms with Crippen LogP contribution in [-0.4, -0.2) is 119 Å². The monoisotopic (exact) mass is 2000 g/mol. The maximum Gasteiger partial charge on any atom is 0.495 e. The van der Waals surface area contributed by atoms with Crippen molar-refractivity contribution < 1.29 is 79.6 Å². The van der Waals surface area contributed by atoms with Crippen molar-refractivity contribution in [1.29, 1.82) is 0 Å². The minimum Gasteiger partial charge on any atom is -0.497 e. The van der Waals surface area contributed by atoms with Gasteiger partial charge in [-0.3, -0.25) is 19.9 Å². The Balaban J connectivity index is 0.000000148. The molecule has 4 aliphatic rings. The molecular weight excluding hydrogens is 1920 g/mol. The van der Waals surface area contributed by atoms with Crippen LogP contribution in [0.15, 0.2) is 193 Å². The van der Waals surface area contributed by atoms with Crippen molar-refractivity contribution in [2.75, 3.05) is 38.9 Å². The molecule has 32 heteroatoms. The third-order valence-corrected chi connectivity index (χ3v) is 26.0. The van der Waals surface area contributed by atoms with E-state index in [9.17, 15) is 0 Å². The fourth-order valence-corrected chi connectivity index (χ4v) is 16.4. The number of hydrogen-bond donors (Lipinski definition) is 4. The molecule has 0 amide bonds. The molecule has 0 saturated carbocycles. The predicted molar refractivity (Wildman–Crippen MR) is 496 cm³/mol. The van der Waals surface area contributed by atoms with Crippen molar-refractivity contribution in [2.24, 2.45) is 0 Å². The molecule has 1 radical (unpaired) electrons. The summed E-state index contributed by atoms with van der Waals surface area (Å²) >= 11 is 36.8. The number of nitrogen functional groups attached to an aromatic ring is 2. The Hall–Kier alpha value is -5.99. The van der Waals surface area contributed by atoms with E-state index in [1.165, 1.54) is 20.0 Å². The van der Waals surface area contributed by atoms with Gasteiger partial charge in [0.2, 0.25) is 0 Å². The Morgan fingerprint density at radius 3 is 1.25 bits per heavy atom. The number of methoxy groups -OCH3 is 2. The van der Waals surface area contributed by atoms with Crippen LogP contribution in [0.5, 0.6) is 11.5 Å². The van der Waals surface area contributed by atoms with E-state index in [0.717, 1.165) is 140 Å². The number of pyridine rings is 4. The average Bonchev–Trinajstić information content (AvgIpc) is 1.59. The van der Waals surface area contributed by atoms with Gasteiger partial charge in [-0.15, -0.1) is 0 Å². The van der Waals surface area contributed by atoms with E-state index < -0.39 is 39.5 Å². The Morgan fingerprint density at radius 2 is 0.821 bits per heavy atom. The zero-order chi connectivity index (χ0) is 83.0. The Morgan fingerprint density at radius 1 is 0.444 bits per heavy atom. The van der Waals surface area contributed by atoms with Crippen LogP contribution in [0.4, 0.5) is 11.4 Å². The third-order valence-electron chi connectivity index (χ3n) is 21.3. The van der Waals surface area contributed by atoms with Gasteiger partial charge >= 0.3 is 28.3 Å². The van der Waals surface area contributed by atoms with Crippen LogP contribution < -0.4 is 31.9 Å². The summed E-state index contributed by atoms with van der Waals surface area (Å²) in [7, 11) is 0.138. The van der Waals surface area contributed by atoms with Gasteiger partial charge < -0.3 is 72.5 Å². The van der Waals surface area contributed by atoms with E-state index in [1.807, 2.05) is 181 Å². The van der Waals surface area contributed by atoms with Gasteiger partial charge in [0.15, 0.2) is 0 Å². The SMILES string of the molecule is C.C1CCOC1.CC1(C)OB(B2OC(C)(C)C(C)(C)O2)OC1(C)C.CC1(C)OB(c2cc(Cl)cc3oc4cc5cnccc5cc4c23)OC1(C)C.COc1cc2cnccc2cc1-c1c(N)cc(Cl)cc1Br.COc1cc2cnccc2cc1B(O)O.Clc1cc(Br)c2c(c1)oc1cc3cnccc3cc12.Nc1cc(Cl)cc(Br)c1I.[V]. The molecular formula is C85H88B4Br3Cl4IN6O13V. The molecule has 0 bridgehead atoms. The molecule has 6 aromatic heterocycles. The third kappa shape index (κ3) is 20.9. The molecule has 117 heavy (non-hydrogen) atoms. The Bertz CT molecular complexity index is 5820. The number of anilines is 2. The molecule has 609 valence electrons. The molecule has 4 fully saturated rings. The summed E-state index contributed by atoms with van der Waals surface area (Å²) in [6, 6.07) is 38.0. The predicted octanol–water partition coefficient (Wildman–Crippen LogP) is 22.4. The van der Waals surface area contributed by atoms with Gasteiger partial charge in [0.25, 0.3) is 0 Å². The van der Waals surface area contributed by atoms with Gasteiger partial charge in [-0.05, 0) is 281 Å². The van der Waals surface area contributed by atoms with E-state index in [2.05, 4.69) is 102 Å². The van der Waals surface area contributed by atoms with Gasteiger partial charge in [0.05, 0.1) is 51.4 Å². The quantitative estimate of drug-likeness (QED) is 0.0522. The summed E-state index contributed by atoms with van der Waals surface area (Å²) in [5.74, 6) is 1.19. The molecule has 0 unspecified atom stereocenters. The number of benzene rings is 8. The largest absolute Gasteiger partial charge is 0.497 e. The van der Waals surface area contributed by atoms with Gasteiger partial charge in [0.1, 0.15) is 33.8 Å². The number of aromatic nitrogens is 4. The topological polar surface area (TPSA) is 253 Å². The number of hydrogen-bond acceptors (Lipinski definition) is 19. The summed E-state index contributed by atoms with van der Waals surface area (Å²) in [6.45, 7) is 26.4. The second kappa shape index (κ2) is 38.2. The van der Waals surface area contributed by atoms with Crippen molar-refractivity contribution in [3.63, 3.8) is 0 Å². The van der Waals surface area contributed by atoms with Crippen LogP contribution >= 0.6 is 117 Å². The van der Waals surface area contributed by atoms with Crippen LogP contribution in [-0.2, 0) is 51.2 Å². The summed E-state index contributed by atoms with van der Waals surface area (Å²) in [4.78, 5) is 16.4. The second-order valence-electron chi connectivity index (χ2n) is 30.7. The normalized spacial score (nSPS) is 16.3. The van der Waals surface area contributed by atoms with Crippen molar-refractivity contribution in [3.8, 4) is 22.6 Å². The van der Waals surface area contributed by atoms with Crippen molar-refractivity contribution in [3.05, 3.63) is 208 Å². The molecule has 8 aromatic carbocycles. The summed E-state index contributed by atoms with van der Waals surface area (Å²) in [5.41, 5.74) is 16.9. The average molecular weight is 2000 g/mol. The molecule has 0 spiro atoms. The molecule has 4 aliphatic heterocycles. The standard InChI is InChI=1S/C21H19BClNO3.C16H12BrClN2O.C15H7BrClNO.C12H24B2O4.C10H10BNO3.C6H4BrClIN.C4H8O.CH4.V/c1-20(2)21(3,4)27-22(26-20)16-9-14(23)10-18-19(16)15-7-12-5-6-24-11-13(12)8-17(15)25-18;1-21-15-5-10-8-20-3-2-9(10)4-12(15)16-13(17)6-11(18)7-14(16)19;16-12-5-10(17)6-14-15(12)11-3-8-1-2-18-7-9(8)4-13(11)19-14;1-9(2)10(3,4)16-13(15-9)14-17-11(5,6)12(7,8)18-14;1-15-10-5-8-6-12-3-2-7(8)4-9(10)11(13)14;7-4-1-3(8)2-5(10)6(4)9;1-2-4-5-3-1;;/h5-11H,1-4H3;2-8H,19H2,1H3;1-7H;1-8H3;2-6,13-14H,1H3;1-2H,10H2;1-4H2;1H4;. The molecule has 19 nitrogen and oxygen atoms in total. The van der Waals surface area contributed by atoms with E-state index in [1.54, 1.807) is 68.4 Å². The summed E-state index contributed by atoms with van der Waals surface area (Å²) in [6.07, 6.45) is 16.7. The molecule has 6 N–H and O–H groups in total. The fraction of sp³-hybridized carbons (Fsp3) is 0.294. The molecule has 10 heterocycles. The zero-order valence-electron chi connectivity index (χ0n) is 66.1. The van der Waals surface area contributed by atoms with Crippen molar-refractivity contribution in [1.82, 2.24) is 19.9 Å². The first-order chi connectivity index (χ1) is 54.3. The number of furan rings is 2. The smallest absolute Gasteiger partial charge is 0.495 e. The van der Waals surface area contributed by atoms with Gasteiger partial charge in [0, 0.05) is 198 Å². The van der Waals surface area contributed by atoms with Crippen LogP contribution in [0.1, 0.15) is 103 Å². The van der Waals surface area contributed by atoms with Crippen LogP contribution in [0, 0.1) is 3.57 Å². The number of ether oxygens (including phenoxy) is 3. The van der Waals surface area contributed by atoms with Crippen molar-refractivity contribution >= 4 is 254 Å². The van der Waals surface area contributed by atoms with Crippen LogP contribution in [0.25, 0.3) is 98.1 Å². The van der Waals surface area contributed by atoms with Crippen molar-refractivity contribution in [2.45, 2.75) is 137 Å². The molecule has 4 saturated heterocycles. The first kappa shape index (κ1) is 93.3. The fourth-order valence-electron chi connectivity index (χ4n) is 13.0. The number of rotatable bonds is 6. The van der Waals surface area contributed by atoms with E-state index in [4.69, 9.17) is 119 Å². The number of halogens is 8. The number of fused-ring (bicyclic) bond motifs is 10. The zero-order valence-corrected chi connectivity index (χ0v) is 77.4. The Kier molecular flexibility index (Phi) is 30.5. The number of nitrogens with zero attached hydrogens (tertiary/aromatic N) is 4. The molecule has 14 aromatic rings. The minimum absolute atomic E-state index is 0. The van der Waals surface area contributed by atoms with E-state index in [-0.39, 0.29) is 48.4 Å². The second-order valence-corrected chi connectivity index (χ2v) is 36.1. The molecule has 0 aliphatic carbocycles. The maximum absolute atomic E-state index is 9.16. The maximum atomic E-state index is 9.16. The number of nitrogens with two attached hydrogens (primary N) is 2. The summed E-state index contributed by atoms with van der Waals surface area (Å²) < 4.78 is 67.7. The van der Waals surface area contributed by atoms with E-state index in [0.29, 0.717) is 42.7 Å². The minimum atomic E-state index is -1.53. The van der Waals surface area contributed by atoms with Gasteiger partial charge in [-0.2, -0.15) is 0 Å². The van der Waals surface area contributed by atoms with Crippen LogP contribution in [0.2, 0.25) is 20.1 Å². The molecule has 18 rings (SSSR count). The van der Waals surface area contributed by atoms with E-state index >= 15 is 0 Å². The van der Waals surface area contributed by atoms with Gasteiger partial charge in [-0.25, -0.2) is 0 Å². The first-order valence-corrected chi connectivity index (χ1v) is 41.7. The molecule has 0 atom stereocenters.